The largest absolute Gasteiger partial charge is 0.274 e. The van der Waals surface area contributed by atoms with Crippen molar-refractivity contribution in [3.8, 4) is 0 Å². The highest BCUT2D eigenvalue weighted by Gasteiger charge is 2.68. The third-order valence-corrected chi connectivity index (χ3v) is 8.75. The van der Waals surface area contributed by atoms with E-state index < -0.39 is 22.2 Å². The van der Waals surface area contributed by atoms with E-state index in [4.69, 9.17) is 4.99 Å². The van der Waals surface area contributed by atoms with Gasteiger partial charge in [-0.25, -0.2) is 4.90 Å². The fourth-order valence-electron chi connectivity index (χ4n) is 7.18. The van der Waals surface area contributed by atoms with Crippen molar-refractivity contribution in [2.24, 2.45) is 16.8 Å². The summed E-state index contributed by atoms with van der Waals surface area (Å²) in [7, 11) is 0. The van der Waals surface area contributed by atoms with Crippen LogP contribution in [-0.4, -0.2) is 23.0 Å². The first-order valence-electron chi connectivity index (χ1n) is 13.3. The highest BCUT2D eigenvalue weighted by atomic mass is 16.6. The van der Waals surface area contributed by atoms with E-state index in [0.29, 0.717) is 11.4 Å². The van der Waals surface area contributed by atoms with E-state index in [9.17, 15) is 19.7 Å². The van der Waals surface area contributed by atoms with Crippen LogP contribution in [0.2, 0.25) is 0 Å². The zero-order valence-corrected chi connectivity index (χ0v) is 21.9. The highest BCUT2D eigenvalue weighted by molar-refractivity contribution is 6.25. The smallest absolute Gasteiger partial charge is 0.269 e. The van der Waals surface area contributed by atoms with Gasteiger partial charge < -0.3 is 0 Å². The first-order chi connectivity index (χ1) is 19.3. The second-order valence-electron chi connectivity index (χ2n) is 10.9. The Labute approximate surface area is 231 Å². The summed E-state index contributed by atoms with van der Waals surface area (Å²) in [5.41, 5.74) is 6.06. The Balaban J connectivity index is 1.47. The number of nitrogens with zero attached hydrogens (tertiary/aromatic N) is 3. The predicted octanol–water partition coefficient (Wildman–Crippen LogP) is 6.16. The molecule has 2 bridgehead atoms. The fraction of sp³-hybridized carbons (Fsp3) is 0.182. The van der Waals surface area contributed by atoms with Crippen LogP contribution in [0.4, 0.5) is 17.1 Å². The molecule has 7 heteroatoms. The second kappa shape index (κ2) is 8.55. The molecule has 0 N–H and O–H groups in total. The molecule has 8 rings (SSSR count). The first kappa shape index (κ1) is 24.2. The van der Waals surface area contributed by atoms with Crippen LogP contribution in [0.3, 0.4) is 0 Å². The van der Waals surface area contributed by atoms with Crippen molar-refractivity contribution in [3.63, 3.8) is 0 Å². The summed E-state index contributed by atoms with van der Waals surface area (Å²) < 4.78 is 0. The normalized spacial score (nSPS) is 24.2. The Hall–Kier alpha value is -4.91. The molecule has 4 aromatic carbocycles. The number of benzene rings is 4. The van der Waals surface area contributed by atoms with E-state index >= 15 is 0 Å². The van der Waals surface area contributed by atoms with Crippen LogP contribution < -0.4 is 4.90 Å². The number of hydrogen-bond donors (Lipinski definition) is 0. The zero-order valence-electron chi connectivity index (χ0n) is 21.9. The lowest BCUT2D eigenvalue weighted by molar-refractivity contribution is -0.384. The molecule has 40 heavy (non-hydrogen) atoms. The number of nitro groups is 1. The van der Waals surface area contributed by atoms with Crippen molar-refractivity contribution in [3.05, 3.63) is 134 Å². The molecule has 0 radical (unpaired) electrons. The van der Waals surface area contributed by atoms with Gasteiger partial charge in [-0.05, 0) is 59.9 Å². The molecule has 0 aromatic heterocycles. The van der Waals surface area contributed by atoms with Crippen LogP contribution in [-0.2, 0) is 15.0 Å². The van der Waals surface area contributed by atoms with Gasteiger partial charge in [-0.3, -0.25) is 24.7 Å². The van der Waals surface area contributed by atoms with Crippen LogP contribution in [0.25, 0.3) is 0 Å². The Morgan fingerprint density at radius 3 is 2.08 bits per heavy atom. The lowest BCUT2D eigenvalue weighted by Gasteiger charge is -2.52. The van der Waals surface area contributed by atoms with E-state index in [-0.39, 0.29) is 23.4 Å². The average molecular weight is 528 g/mol. The van der Waals surface area contributed by atoms with E-state index in [2.05, 4.69) is 12.1 Å². The number of hydrogen-bond acceptors (Lipinski definition) is 5. The minimum atomic E-state index is -0.992. The molecule has 2 amide bonds. The van der Waals surface area contributed by atoms with E-state index in [0.717, 1.165) is 33.4 Å². The summed E-state index contributed by atoms with van der Waals surface area (Å²) in [6, 6.07) is 27.8. The zero-order chi connectivity index (χ0) is 27.8. The minimum absolute atomic E-state index is 0.0216. The molecule has 4 aliphatic rings. The van der Waals surface area contributed by atoms with E-state index in [1.807, 2.05) is 68.4 Å². The maximum atomic E-state index is 14.5. The maximum Gasteiger partial charge on any atom is 0.269 e. The molecule has 2 atom stereocenters. The highest BCUT2D eigenvalue weighted by Crippen LogP contribution is 2.63. The van der Waals surface area contributed by atoms with Crippen molar-refractivity contribution in [1.29, 1.82) is 0 Å². The van der Waals surface area contributed by atoms with Crippen molar-refractivity contribution in [2.45, 2.75) is 25.2 Å². The lowest BCUT2D eigenvalue weighted by atomic mass is 9.47. The van der Waals surface area contributed by atoms with Crippen LogP contribution >= 0.6 is 0 Å². The van der Waals surface area contributed by atoms with Crippen molar-refractivity contribution < 1.29 is 14.5 Å². The molecule has 1 saturated heterocycles. The molecular formula is C33H25N3O4. The summed E-state index contributed by atoms with van der Waals surface area (Å²) in [5.74, 6) is -1.94. The Bertz CT molecular complexity index is 1730. The van der Waals surface area contributed by atoms with Gasteiger partial charge in [0, 0.05) is 24.3 Å². The monoisotopic (exact) mass is 527 g/mol. The summed E-state index contributed by atoms with van der Waals surface area (Å²) >= 11 is 0. The van der Waals surface area contributed by atoms with E-state index in [1.54, 1.807) is 18.3 Å². The number of aliphatic imine (C=N–C) groups is 1. The lowest BCUT2D eigenvalue weighted by Crippen LogP contribution is -2.54. The number of carbonyl (C=O) groups excluding carboxylic acids is 2. The molecule has 3 aliphatic carbocycles. The Kier molecular flexibility index (Phi) is 5.16. The second-order valence-corrected chi connectivity index (χ2v) is 10.9. The van der Waals surface area contributed by atoms with Crippen LogP contribution in [0.15, 0.2) is 96.0 Å². The molecule has 0 unspecified atom stereocenters. The molecule has 196 valence electrons. The molecular weight excluding hydrogens is 502 g/mol. The third kappa shape index (κ3) is 3.14. The van der Waals surface area contributed by atoms with Gasteiger partial charge in [0.1, 0.15) is 0 Å². The van der Waals surface area contributed by atoms with Gasteiger partial charge in [0.15, 0.2) is 0 Å². The number of nitro benzene ring substituents is 1. The number of amides is 2. The van der Waals surface area contributed by atoms with Crippen LogP contribution in [0.5, 0.6) is 0 Å². The van der Waals surface area contributed by atoms with Gasteiger partial charge in [-0.15, -0.1) is 0 Å². The summed E-state index contributed by atoms with van der Waals surface area (Å²) in [6.45, 7) is 3.91. The number of imide groups is 1. The SMILES string of the molecule is Cc1ccc(N2C(=O)[C@@H]3[C@@H](C2=O)C2c4ccccc4C3(C=Nc3ccc([N+](=O)[O-])cc3)c3ccccc32)c(C)c1. The topological polar surface area (TPSA) is 92.9 Å². The maximum absolute atomic E-state index is 14.5. The Morgan fingerprint density at radius 1 is 0.850 bits per heavy atom. The summed E-state index contributed by atoms with van der Waals surface area (Å²) in [4.78, 5) is 45.7. The number of carbonyl (C=O) groups is 2. The summed E-state index contributed by atoms with van der Waals surface area (Å²) in [5, 5.41) is 11.2. The Morgan fingerprint density at radius 2 is 1.48 bits per heavy atom. The standard InChI is InChI=1S/C33H25N3O4/c1-19-11-16-27(20(2)17-19)35-31(37)29-28-23-7-3-5-9-25(23)33(30(29)32(35)38,26-10-6-4-8-24(26)28)18-34-21-12-14-22(15-13-21)36(39)40/h3-18,28-30H,1-2H3/t28?,29-,30-,33?/m0/s1. The molecule has 1 aliphatic heterocycles. The van der Waals surface area contributed by atoms with Crippen LogP contribution in [0, 0.1) is 35.8 Å². The van der Waals surface area contributed by atoms with Gasteiger partial charge in [-0.2, -0.15) is 0 Å². The van der Waals surface area contributed by atoms with Crippen LogP contribution in [0.1, 0.15) is 39.3 Å². The fourth-order valence-corrected chi connectivity index (χ4v) is 7.18. The van der Waals surface area contributed by atoms with Crippen molar-refractivity contribution in [2.75, 3.05) is 4.90 Å². The first-order valence-corrected chi connectivity index (χ1v) is 13.3. The van der Waals surface area contributed by atoms with Gasteiger partial charge in [0.25, 0.3) is 5.69 Å². The van der Waals surface area contributed by atoms with Crippen molar-refractivity contribution in [1.82, 2.24) is 0 Å². The van der Waals surface area contributed by atoms with Gasteiger partial charge in [-0.1, -0.05) is 66.2 Å². The van der Waals surface area contributed by atoms with Gasteiger partial charge >= 0.3 is 0 Å². The number of non-ortho nitro benzene ring substituents is 1. The average Bonchev–Trinajstić information content (AvgIpc) is 3.23. The molecule has 1 fully saturated rings. The molecule has 7 nitrogen and oxygen atoms in total. The number of anilines is 1. The molecule has 1 heterocycles. The minimum Gasteiger partial charge on any atom is -0.274 e. The third-order valence-electron chi connectivity index (χ3n) is 8.75. The van der Waals surface area contributed by atoms with Gasteiger partial charge in [0.05, 0.1) is 33.5 Å². The molecule has 4 aromatic rings. The van der Waals surface area contributed by atoms with Gasteiger partial charge in [0.2, 0.25) is 11.8 Å². The number of rotatable bonds is 4. The number of aryl methyl sites for hydroxylation is 2. The van der Waals surface area contributed by atoms with E-state index in [1.165, 1.54) is 17.0 Å². The quantitative estimate of drug-likeness (QED) is 0.137. The summed E-state index contributed by atoms with van der Waals surface area (Å²) in [6.07, 6.45) is 1.80. The van der Waals surface area contributed by atoms with Crippen molar-refractivity contribution >= 4 is 35.1 Å². The predicted molar refractivity (Wildman–Crippen MR) is 152 cm³/mol. The molecule has 0 spiro atoms. The molecule has 0 saturated carbocycles.